The molecule has 0 aromatic heterocycles. The lowest BCUT2D eigenvalue weighted by Crippen LogP contribution is -2.47. The van der Waals surface area contributed by atoms with E-state index in [1.165, 1.54) is 38.2 Å². The van der Waals surface area contributed by atoms with E-state index in [-0.39, 0.29) is 28.5 Å². The zero-order valence-electron chi connectivity index (χ0n) is 19.9. The fourth-order valence-electron chi connectivity index (χ4n) is 4.05. The van der Waals surface area contributed by atoms with Gasteiger partial charge >= 0.3 is 0 Å². The first-order chi connectivity index (χ1) is 16.2. The minimum absolute atomic E-state index is 0.0306. The number of ketones is 1. The van der Waals surface area contributed by atoms with E-state index in [1.807, 2.05) is 31.2 Å². The lowest BCUT2D eigenvalue weighted by molar-refractivity contribution is -0.121. The molecule has 0 saturated carbocycles. The molecular weight excluding hydrogens is 456 g/mol. The molecule has 1 amide bonds. The SMILES string of the molecule is CCOc1ccc(C2(CNC(=O)CN(C)S(=O)(=O)c3ccc(C(C)=O)cc3)CCOCC2)cc1. The van der Waals surface area contributed by atoms with Crippen LogP contribution in [-0.2, 0) is 25.0 Å². The van der Waals surface area contributed by atoms with Crippen molar-refractivity contribution in [3.8, 4) is 5.75 Å². The number of rotatable bonds is 10. The minimum Gasteiger partial charge on any atom is -0.494 e. The average molecular weight is 489 g/mol. The summed E-state index contributed by atoms with van der Waals surface area (Å²) >= 11 is 0. The van der Waals surface area contributed by atoms with Crippen molar-refractivity contribution >= 4 is 21.7 Å². The molecule has 8 nitrogen and oxygen atoms in total. The normalized spacial score (nSPS) is 15.6. The number of ether oxygens (including phenoxy) is 2. The number of amides is 1. The average Bonchev–Trinajstić information content (AvgIpc) is 2.84. The molecule has 1 heterocycles. The first-order valence-corrected chi connectivity index (χ1v) is 12.8. The Kier molecular flexibility index (Phi) is 8.46. The number of likely N-dealkylation sites (N-methyl/N-ethyl adjacent to an activating group) is 1. The summed E-state index contributed by atoms with van der Waals surface area (Å²) < 4.78 is 37.8. The van der Waals surface area contributed by atoms with E-state index in [0.29, 0.717) is 31.9 Å². The van der Waals surface area contributed by atoms with Crippen LogP contribution < -0.4 is 10.1 Å². The van der Waals surface area contributed by atoms with Gasteiger partial charge in [0.25, 0.3) is 0 Å². The Morgan fingerprint density at radius 3 is 2.24 bits per heavy atom. The molecule has 1 N–H and O–H groups in total. The van der Waals surface area contributed by atoms with E-state index < -0.39 is 10.0 Å². The van der Waals surface area contributed by atoms with Gasteiger partial charge in [0.05, 0.1) is 18.0 Å². The van der Waals surface area contributed by atoms with Crippen LogP contribution in [0.1, 0.15) is 42.6 Å². The predicted octanol–water partition coefficient (Wildman–Crippen LogP) is 2.77. The summed E-state index contributed by atoms with van der Waals surface area (Å²) in [5, 5.41) is 2.93. The van der Waals surface area contributed by atoms with Crippen molar-refractivity contribution in [2.24, 2.45) is 0 Å². The number of nitrogens with zero attached hydrogens (tertiary/aromatic N) is 1. The molecule has 1 fully saturated rings. The van der Waals surface area contributed by atoms with Gasteiger partial charge in [0, 0.05) is 37.8 Å². The smallest absolute Gasteiger partial charge is 0.243 e. The highest BCUT2D eigenvalue weighted by molar-refractivity contribution is 7.89. The first-order valence-electron chi connectivity index (χ1n) is 11.3. The first kappa shape index (κ1) is 25.9. The van der Waals surface area contributed by atoms with Crippen molar-refractivity contribution in [3.63, 3.8) is 0 Å². The van der Waals surface area contributed by atoms with Gasteiger partial charge in [-0.25, -0.2) is 8.42 Å². The van der Waals surface area contributed by atoms with E-state index in [4.69, 9.17) is 9.47 Å². The van der Waals surface area contributed by atoms with Gasteiger partial charge in [0.15, 0.2) is 5.78 Å². The predicted molar refractivity (Wildman–Crippen MR) is 129 cm³/mol. The molecule has 2 aromatic carbocycles. The Bertz CT molecular complexity index is 1090. The number of nitrogens with one attached hydrogen (secondary N) is 1. The van der Waals surface area contributed by atoms with Gasteiger partial charge in [-0.2, -0.15) is 4.31 Å². The number of hydrogen-bond acceptors (Lipinski definition) is 6. The Morgan fingerprint density at radius 1 is 1.06 bits per heavy atom. The molecule has 0 radical (unpaired) electrons. The van der Waals surface area contributed by atoms with Crippen LogP contribution >= 0.6 is 0 Å². The third kappa shape index (κ3) is 6.02. The van der Waals surface area contributed by atoms with Gasteiger partial charge in [0.2, 0.25) is 15.9 Å². The van der Waals surface area contributed by atoms with E-state index in [1.54, 1.807) is 0 Å². The van der Waals surface area contributed by atoms with Gasteiger partial charge in [-0.15, -0.1) is 0 Å². The number of Topliss-reactive ketones (excluding diaryl/α,β-unsaturated/α-hetero) is 1. The van der Waals surface area contributed by atoms with Crippen molar-refractivity contribution < 1.29 is 27.5 Å². The van der Waals surface area contributed by atoms with Crippen LogP contribution in [0.3, 0.4) is 0 Å². The molecule has 0 bridgehead atoms. The lowest BCUT2D eigenvalue weighted by Gasteiger charge is -2.38. The monoisotopic (exact) mass is 488 g/mol. The topological polar surface area (TPSA) is 102 Å². The van der Waals surface area contributed by atoms with E-state index in [0.717, 1.165) is 28.5 Å². The quantitative estimate of drug-likeness (QED) is 0.516. The van der Waals surface area contributed by atoms with Crippen molar-refractivity contribution in [1.82, 2.24) is 9.62 Å². The molecule has 3 rings (SSSR count). The highest BCUT2D eigenvalue weighted by atomic mass is 32.2. The van der Waals surface area contributed by atoms with Crippen LogP contribution in [0.15, 0.2) is 53.4 Å². The molecule has 9 heteroatoms. The van der Waals surface area contributed by atoms with Crippen LogP contribution in [0, 0.1) is 0 Å². The van der Waals surface area contributed by atoms with Crippen LogP contribution in [0.2, 0.25) is 0 Å². The second-order valence-electron chi connectivity index (χ2n) is 8.47. The molecule has 34 heavy (non-hydrogen) atoms. The van der Waals surface area contributed by atoms with Crippen LogP contribution in [0.25, 0.3) is 0 Å². The zero-order valence-corrected chi connectivity index (χ0v) is 20.7. The number of hydrogen-bond donors (Lipinski definition) is 1. The summed E-state index contributed by atoms with van der Waals surface area (Å²) in [6.45, 7) is 5.18. The summed E-state index contributed by atoms with van der Waals surface area (Å²) in [5.41, 5.74) is 1.22. The van der Waals surface area contributed by atoms with Crippen LogP contribution in [0.5, 0.6) is 5.75 Å². The highest BCUT2D eigenvalue weighted by Gasteiger charge is 2.35. The lowest BCUT2D eigenvalue weighted by atomic mass is 9.74. The van der Waals surface area contributed by atoms with Crippen molar-refractivity contribution in [3.05, 3.63) is 59.7 Å². The number of carbonyl (C=O) groups excluding carboxylic acids is 2. The molecule has 0 unspecified atom stereocenters. The second kappa shape index (κ2) is 11.1. The Balaban J connectivity index is 1.66. The van der Waals surface area contributed by atoms with Crippen LogP contribution in [0.4, 0.5) is 0 Å². The molecular formula is C25H32N2O6S. The molecule has 0 spiro atoms. The van der Waals surface area contributed by atoms with E-state index in [2.05, 4.69) is 5.32 Å². The molecule has 0 atom stereocenters. The minimum atomic E-state index is -3.87. The van der Waals surface area contributed by atoms with Gasteiger partial charge in [-0.05, 0) is 56.5 Å². The molecule has 0 aliphatic carbocycles. The second-order valence-corrected chi connectivity index (χ2v) is 10.5. The van der Waals surface area contributed by atoms with Gasteiger partial charge in [0.1, 0.15) is 5.75 Å². The Hall–Kier alpha value is -2.75. The number of carbonyl (C=O) groups is 2. The zero-order chi connectivity index (χ0) is 24.8. The summed E-state index contributed by atoms with van der Waals surface area (Å²) in [4.78, 5) is 24.2. The standard InChI is InChI=1S/C25H32N2O6S/c1-4-33-22-9-7-21(8-10-22)25(13-15-32-16-14-25)18-26-24(29)17-27(3)34(30,31)23-11-5-20(6-12-23)19(2)28/h5-12H,4,13-18H2,1-3H3,(H,26,29). The molecule has 1 aliphatic heterocycles. The third-order valence-electron chi connectivity index (χ3n) is 6.19. The number of sulfonamides is 1. The third-order valence-corrected chi connectivity index (χ3v) is 8.00. The van der Waals surface area contributed by atoms with Gasteiger partial charge in [-0.1, -0.05) is 24.3 Å². The van der Waals surface area contributed by atoms with E-state index in [9.17, 15) is 18.0 Å². The van der Waals surface area contributed by atoms with Crippen molar-refractivity contribution in [2.75, 3.05) is 40.0 Å². The molecule has 1 aliphatic rings. The van der Waals surface area contributed by atoms with Gasteiger partial charge < -0.3 is 14.8 Å². The van der Waals surface area contributed by atoms with Crippen LogP contribution in [-0.4, -0.2) is 64.4 Å². The van der Waals surface area contributed by atoms with Gasteiger partial charge in [-0.3, -0.25) is 9.59 Å². The highest BCUT2D eigenvalue weighted by Crippen LogP contribution is 2.35. The molecule has 2 aromatic rings. The Morgan fingerprint density at radius 2 is 1.68 bits per heavy atom. The van der Waals surface area contributed by atoms with Crippen molar-refractivity contribution in [2.45, 2.75) is 37.0 Å². The number of benzene rings is 2. The maximum absolute atomic E-state index is 12.9. The fraction of sp³-hybridized carbons (Fsp3) is 0.440. The fourth-order valence-corrected chi connectivity index (χ4v) is 5.18. The molecule has 184 valence electrons. The summed E-state index contributed by atoms with van der Waals surface area (Å²) in [6.07, 6.45) is 1.50. The largest absolute Gasteiger partial charge is 0.494 e. The van der Waals surface area contributed by atoms with E-state index >= 15 is 0 Å². The maximum Gasteiger partial charge on any atom is 0.243 e. The Labute approximate surface area is 201 Å². The summed E-state index contributed by atoms with van der Waals surface area (Å²) in [5.74, 6) is 0.259. The summed E-state index contributed by atoms with van der Waals surface area (Å²) in [6, 6.07) is 13.6. The van der Waals surface area contributed by atoms with Crippen molar-refractivity contribution in [1.29, 1.82) is 0 Å². The summed E-state index contributed by atoms with van der Waals surface area (Å²) in [7, 11) is -2.50. The maximum atomic E-state index is 12.9. The molecule has 1 saturated heterocycles.